The minimum absolute atomic E-state index is 0.545. The Kier molecular flexibility index (Phi) is 4.07. The molecule has 2 N–H and O–H groups in total. The van der Waals surface area contributed by atoms with Crippen LogP contribution < -0.4 is 5.73 Å². The highest BCUT2D eigenvalue weighted by atomic mass is 35.5. The van der Waals surface area contributed by atoms with E-state index < -0.39 is 0 Å². The first-order valence-electron chi connectivity index (χ1n) is 7.63. The van der Waals surface area contributed by atoms with Crippen LogP contribution in [0.2, 0.25) is 5.02 Å². The van der Waals surface area contributed by atoms with Crippen LogP contribution in [-0.2, 0) is 0 Å². The Balaban J connectivity index is 1.86. The molecule has 4 rings (SSSR count). The van der Waals surface area contributed by atoms with Gasteiger partial charge in [-0.2, -0.15) is 9.78 Å². The minimum atomic E-state index is 0.545. The molecule has 0 fully saturated rings. The number of hydrogen-bond donors (Lipinski definition) is 1. The summed E-state index contributed by atoms with van der Waals surface area (Å²) in [6.07, 6.45) is 0. The maximum absolute atomic E-state index is 6.10. The number of rotatable bonds is 3. The van der Waals surface area contributed by atoms with Crippen LogP contribution in [0.5, 0.6) is 0 Å². The second-order valence-electron chi connectivity index (χ2n) is 5.53. The first-order chi connectivity index (χ1) is 12.1. The second-order valence-corrected chi connectivity index (χ2v) is 7.00. The van der Waals surface area contributed by atoms with Gasteiger partial charge in [-0.15, -0.1) is 0 Å². The van der Waals surface area contributed by atoms with E-state index in [1.807, 2.05) is 61.5 Å². The summed E-state index contributed by atoms with van der Waals surface area (Å²) in [4.78, 5) is 10.4. The van der Waals surface area contributed by atoms with Crippen molar-refractivity contribution in [3.63, 3.8) is 0 Å². The van der Waals surface area contributed by atoms with E-state index in [0.717, 1.165) is 21.5 Å². The number of nitrogens with zero attached hydrogens (tertiary/aromatic N) is 4. The van der Waals surface area contributed by atoms with E-state index in [0.29, 0.717) is 21.8 Å². The van der Waals surface area contributed by atoms with Gasteiger partial charge in [0.15, 0.2) is 11.0 Å². The van der Waals surface area contributed by atoms with Gasteiger partial charge in [-0.1, -0.05) is 23.7 Å². The van der Waals surface area contributed by atoms with Crippen LogP contribution in [0.15, 0.2) is 64.6 Å². The van der Waals surface area contributed by atoms with E-state index >= 15 is 0 Å². The zero-order valence-electron chi connectivity index (χ0n) is 13.3. The predicted octanol–water partition coefficient (Wildman–Crippen LogP) is 4.51. The molecule has 2 aromatic heterocycles. The molecule has 0 unspecified atom stereocenters. The van der Waals surface area contributed by atoms with Crippen molar-refractivity contribution in [2.75, 3.05) is 5.73 Å². The molecule has 2 heterocycles. The average molecular weight is 368 g/mol. The van der Waals surface area contributed by atoms with Crippen molar-refractivity contribution >= 4 is 40.1 Å². The number of hydrogen-bond acceptors (Lipinski definition) is 5. The smallest absolute Gasteiger partial charge is 0.195 e. The lowest BCUT2D eigenvalue weighted by molar-refractivity contribution is 0.820. The molecule has 7 heteroatoms. The summed E-state index contributed by atoms with van der Waals surface area (Å²) in [5.41, 5.74) is 7.79. The van der Waals surface area contributed by atoms with Crippen LogP contribution in [0.25, 0.3) is 16.7 Å². The Labute approximate surface area is 153 Å². The quantitative estimate of drug-likeness (QED) is 0.539. The maximum atomic E-state index is 6.10. The molecule has 0 bridgehead atoms. The fraction of sp³-hybridized carbons (Fsp3) is 0.0556. The van der Waals surface area contributed by atoms with E-state index in [1.54, 1.807) is 4.68 Å². The highest BCUT2D eigenvalue weighted by Gasteiger charge is 2.13. The Morgan fingerprint density at radius 1 is 1.04 bits per heavy atom. The number of halogens is 1. The summed E-state index contributed by atoms with van der Waals surface area (Å²) in [5.74, 6) is 1.22. The Morgan fingerprint density at radius 2 is 1.80 bits per heavy atom. The summed E-state index contributed by atoms with van der Waals surface area (Å²) in [6.45, 7) is 1.90. The number of aromatic nitrogens is 4. The molecular formula is C18H14ClN5S. The highest BCUT2D eigenvalue weighted by molar-refractivity contribution is 7.99. The number of anilines is 1. The molecule has 0 saturated heterocycles. The SMILES string of the molecule is Cc1cc(N)n(-c2nc(Sc3ccc(Cl)cc3)nc3ccccc23)n1. The molecule has 0 saturated carbocycles. The van der Waals surface area contributed by atoms with Crippen molar-refractivity contribution in [1.82, 2.24) is 19.7 Å². The average Bonchev–Trinajstić information content (AvgIpc) is 2.94. The molecule has 0 spiro atoms. The topological polar surface area (TPSA) is 69.6 Å². The fourth-order valence-corrected chi connectivity index (χ4v) is 3.43. The molecule has 124 valence electrons. The van der Waals surface area contributed by atoms with Gasteiger partial charge in [0, 0.05) is 21.4 Å². The molecule has 25 heavy (non-hydrogen) atoms. The van der Waals surface area contributed by atoms with Crippen LogP contribution in [0.3, 0.4) is 0 Å². The fourth-order valence-electron chi connectivity index (χ4n) is 2.54. The summed E-state index contributed by atoms with van der Waals surface area (Å²) < 4.78 is 1.66. The molecule has 5 nitrogen and oxygen atoms in total. The summed E-state index contributed by atoms with van der Waals surface area (Å²) in [5, 5.41) is 6.69. The van der Waals surface area contributed by atoms with Crippen LogP contribution in [-0.4, -0.2) is 19.7 Å². The Morgan fingerprint density at radius 3 is 2.52 bits per heavy atom. The van der Waals surface area contributed by atoms with Gasteiger partial charge in [0.05, 0.1) is 11.2 Å². The van der Waals surface area contributed by atoms with Crippen LogP contribution >= 0.6 is 23.4 Å². The van der Waals surface area contributed by atoms with Gasteiger partial charge in [-0.25, -0.2) is 9.97 Å². The largest absolute Gasteiger partial charge is 0.384 e. The van der Waals surface area contributed by atoms with Gasteiger partial charge < -0.3 is 5.73 Å². The van der Waals surface area contributed by atoms with E-state index in [-0.39, 0.29) is 0 Å². The molecule has 0 aliphatic carbocycles. The summed E-state index contributed by atoms with van der Waals surface area (Å²) >= 11 is 7.42. The monoisotopic (exact) mass is 367 g/mol. The van der Waals surface area contributed by atoms with Gasteiger partial charge in [-0.3, -0.25) is 0 Å². The van der Waals surface area contributed by atoms with Crippen molar-refractivity contribution in [3.8, 4) is 5.82 Å². The number of para-hydroxylation sites is 1. The van der Waals surface area contributed by atoms with Crippen molar-refractivity contribution < 1.29 is 0 Å². The van der Waals surface area contributed by atoms with Gasteiger partial charge >= 0.3 is 0 Å². The van der Waals surface area contributed by atoms with Crippen molar-refractivity contribution in [2.24, 2.45) is 0 Å². The Hall–Kier alpha value is -2.57. The number of nitrogen functional groups attached to an aromatic ring is 1. The van der Waals surface area contributed by atoms with Gasteiger partial charge in [0.2, 0.25) is 0 Å². The third kappa shape index (κ3) is 3.18. The van der Waals surface area contributed by atoms with Crippen molar-refractivity contribution in [1.29, 1.82) is 0 Å². The lowest BCUT2D eigenvalue weighted by Crippen LogP contribution is -2.06. The predicted molar refractivity (Wildman–Crippen MR) is 101 cm³/mol. The molecule has 0 aliphatic rings. The second kappa shape index (κ2) is 6.38. The van der Waals surface area contributed by atoms with Gasteiger partial charge in [-0.05, 0) is 55.1 Å². The zero-order valence-corrected chi connectivity index (χ0v) is 14.9. The van der Waals surface area contributed by atoms with Gasteiger partial charge in [0.1, 0.15) is 5.82 Å². The van der Waals surface area contributed by atoms with E-state index in [1.165, 1.54) is 11.8 Å². The highest BCUT2D eigenvalue weighted by Crippen LogP contribution is 2.30. The number of nitrogens with two attached hydrogens (primary N) is 1. The number of aryl methyl sites for hydroxylation is 1. The van der Waals surface area contributed by atoms with Crippen molar-refractivity contribution in [2.45, 2.75) is 17.0 Å². The molecule has 0 atom stereocenters. The number of benzene rings is 2. The van der Waals surface area contributed by atoms with E-state index in [9.17, 15) is 0 Å². The molecular weight excluding hydrogens is 354 g/mol. The number of fused-ring (bicyclic) bond motifs is 1. The molecule has 2 aromatic carbocycles. The standard InChI is InChI=1S/C18H14ClN5S/c1-11-10-16(20)24(23-11)17-14-4-2-3-5-15(14)21-18(22-17)25-13-8-6-12(19)7-9-13/h2-10H,20H2,1H3. The lowest BCUT2D eigenvalue weighted by atomic mass is 10.2. The van der Waals surface area contributed by atoms with Gasteiger partial charge in [0.25, 0.3) is 0 Å². The molecule has 0 amide bonds. The van der Waals surface area contributed by atoms with E-state index in [2.05, 4.69) is 10.1 Å². The first kappa shape index (κ1) is 15.9. The molecule has 0 radical (unpaired) electrons. The van der Waals surface area contributed by atoms with Crippen LogP contribution in [0, 0.1) is 6.92 Å². The molecule has 0 aliphatic heterocycles. The Bertz CT molecular complexity index is 1060. The maximum Gasteiger partial charge on any atom is 0.195 e. The van der Waals surface area contributed by atoms with Crippen LogP contribution in [0.4, 0.5) is 5.82 Å². The third-order valence-electron chi connectivity index (χ3n) is 3.65. The zero-order chi connectivity index (χ0) is 17.4. The third-order valence-corrected chi connectivity index (χ3v) is 4.77. The summed E-state index contributed by atoms with van der Waals surface area (Å²) in [7, 11) is 0. The van der Waals surface area contributed by atoms with E-state index in [4.69, 9.17) is 22.3 Å². The molecule has 4 aromatic rings. The van der Waals surface area contributed by atoms with Crippen molar-refractivity contribution in [3.05, 3.63) is 65.3 Å². The first-order valence-corrected chi connectivity index (χ1v) is 8.82. The van der Waals surface area contributed by atoms with Crippen LogP contribution in [0.1, 0.15) is 5.69 Å². The normalized spacial score (nSPS) is 11.1. The lowest BCUT2D eigenvalue weighted by Gasteiger charge is -2.09. The summed E-state index contributed by atoms with van der Waals surface area (Å²) in [6, 6.07) is 17.2. The minimum Gasteiger partial charge on any atom is -0.384 e.